The first-order valence-corrected chi connectivity index (χ1v) is 8.07. The topological polar surface area (TPSA) is 96.3 Å². The first-order valence-electron chi connectivity index (χ1n) is 8.07. The number of nitro groups is 1. The lowest BCUT2D eigenvalue weighted by Gasteiger charge is -2.23. The monoisotopic (exact) mass is 354 g/mol. The average molecular weight is 355 g/mol. The van der Waals surface area contributed by atoms with Crippen LogP contribution in [0.3, 0.4) is 0 Å². The van der Waals surface area contributed by atoms with Gasteiger partial charge in [-0.1, -0.05) is 0 Å². The number of nitrogens with one attached hydrogen (secondary N) is 3. The fourth-order valence-electron chi connectivity index (χ4n) is 3.41. The zero-order valence-corrected chi connectivity index (χ0v) is 14.2. The number of nitrogens with zero attached hydrogens (tertiary/aromatic N) is 1. The number of hydrogen-bond donors (Lipinski definition) is 3. The van der Waals surface area contributed by atoms with Gasteiger partial charge in [-0.15, -0.1) is 12.4 Å². The molecule has 1 atom stereocenters. The molecule has 8 heteroatoms. The van der Waals surface area contributed by atoms with E-state index < -0.39 is 4.92 Å². The van der Waals surface area contributed by atoms with E-state index in [9.17, 15) is 14.9 Å². The van der Waals surface area contributed by atoms with Gasteiger partial charge in [0.2, 0.25) is 5.91 Å². The van der Waals surface area contributed by atoms with Crippen LogP contribution in [0.4, 0.5) is 11.4 Å². The Morgan fingerprint density at radius 2 is 1.92 bits per heavy atom. The summed E-state index contributed by atoms with van der Waals surface area (Å²) in [4.78, 5) is 22.3. The molecule has 3 rings (SSSR count). The van der Waals surface area contributed by atoms with E-state index in [1.165, 1.54) is 12.1 Å². The molecular formula is C16H23ClN4O3. The van der Waals surface area contributed by atoms with Gasteiger partial charge >= 0.3 is 0 Å². The summed E-state index contributed by atoms with van der Waals surface area (Å²) in [6.07, 6.45) is 3.23. The molecular weight excluding hydrogens is 332 g/mol. The minimum Gasteiger partial charge on any atom is -0.383 e. The Kier molecular flexibility index (Phi) is 6.01. The van der Waals surface area contributed by atoms with Gasteiger partial charge < -0.3 is 16.0 Å². The standard InChI is InChI=1S/C16H22N4O3.ClH/c21-15(14-11-16(14)5-7-17-8-6-16)19-10-9-18-12-1-3-13(4-2-12)20(22)23;/h1-4,14,17-18H,5-11H2,(H,19,21);1H. The van der Waals surface area contributed by atoms with Crippen molar-refractivity contribution in [1.82, 2.24) is 10.6 Å². The molecule has 0 radical (unpaired) electrons. The summed E-state index contributed by atoms with van der Waals surface area (Å²) in [7, 11) is 0. The van der Waals surface area contributed by atoms with Gasteiger partial charge in [-0.2, -0.15) is 0 Å². The Bertz CT molecular complexity index is 587. The molecule has 24 heavy (non-hydrogen) atoms. The Hall–Kier alpha value is -1.86. The summed E-state index contributed by atoms with van der Waals surface area (Å²) in [6, 6.07) is 6.27. The molecule has 1 aliphatic heterocycles. The lowest BCUT2D eigenvalue weighted by molar-refractivity contribution is -0.384. The Labute approximate surface area is 147 Å². The first-order chi connectivity index (χ1) is 11.1. The van der Waals surface area contributed by atoms with Gasteiger partial charge in [-0.3, -0.25) is 14.9 Å². The van der Waals surface area contributed by atoms with E-state index >= 15 is 0 Å². The van der Waals surface area contributed by atoms with Crippen molar-refractivity contribution in [2.24, 2.45) is 11.3 Å². The van der Waals surface area contributed by atoms with Crippen molar-refractivity contribution < 1.29 is 9.72 Å². The Morgan fingerprint density at radius 3 is 2.54 bits per heavy atom. The number of benzene rings is 1. The van der Waals surface area contributed by atoms with Gasteiger partial charge in [-0.05, 0) is 49.9 Å². The number of carbonyl (C=O) groups excluding carboxylic acids is 1. The van der Waals surface area contributed by atoms with Crippen LogP contribution in [0, 0.1) is 21.4 Å². The minimum absolute atomic E-state index is 0. The van der Waals surface area contributed by atoms with E-state index in [1.54, 1.807) is 12.1 Å². The quantitative estimate of drug-likeness (QED) is 0.412. The molecule has 0 aromatic heterocycles. The molecule has 132 valence electrons. The molecule has 1 saturated carbocycles. The van der Waals surface area contributed by atoms with Crippen molar-refractivity contribution in [2.75, 3.05) is 31.5 Å². The summed E-state index contributed by atoms with van der Waals surface area (Å²) in [5.41, 5.74) is 1.15. The van der Waals surface area contributed by atoms with Crippen LogP contribution in [-0.4, -0.2) is 37.0 Å². The van der Waals surface area contributed by atoms with Crippen molar-refractivity contribution >= 4 is 29.7 Å². The van der Waals surface area contributed by atoms with Crippen LogP contribution >= 0.6 is 12.4 Å². The third-order valence-electron chi connectivity index (χ3n) is 4.94. The first kappa shape index (κ1) is 18.5. The maximum Gasteiger partial charge on any atom is 0.269 e. The lowest BCUT2D eigenvalue weighted by atomic mass is 9.92. The molecule has 1 saturated heterocycles. The van der Waals surface area contributed by atoms with Crippen LogP contribution in [0.15, 0.2) is 24.3 Å². The Balaban J connectivity index is 0.00000208. The fourth-order valence-corrected chi connectivity index (χ4v) is 3.41. The van der Waals surface area contributed by atoms with Crippen molar-refractivity contribution in [3.8, 4) is 0 Å². The third kappa shape index (κ3) is 4.15. The number of rotatable bonds is 6. The molecule has 1 amide bonds. The SMILES string of the molecule is Cl.O=C(NCCNc1ccc([N+](=O)[O-])cc1)C1CC12CCNCC2. The molecule has 2 aliphatic rings. The summed E-state index contributed by atoms with van der Waals surface area (Å²) in [6.45, 7) is 3.20. The second-order valence-electron chi connectivity index (χ2n) is 6.39. The van der Waals surface area contributed by atoms with E-state index in [-0.39, 0.29) is 35.3 Å². The molecule has 1 unspecified atom stereocenters. The largest absolute Gasteiger partial charge is 0.383 e. The number of non-ortho nitro benzene ring substituents is 1. The fraction of sp³-hybridized carbons (Fsp3) is 0.562. The van der Waals surface area contributed by atoms with Crippen LogP contribution < -0.4 is 16.0 Å². The smallest absolute Gasteiger partial charge is 0.269 e. The highest BCUT2D eigenvalue weighted by Crippen LogP contribution is 2.58. The van der Waals surface area contributed by atoms with Gasteiger partial charge in [0, 0.05) is 36.8 Å². The van der Waals surface area contributed by atoms with E-state index in [1.807, 2.05) is 0 Å². The molecule has 0 bridgehead atoms. The summed E-state index contributed by atoms with van der Waals surface area (Å²) in [5.74, 6) is 0.348. The predicted octanol–water partition coefficient (Wildman–Crippen LogP) is 1.93. The molecule has 1 heterocycles. The number of piperidine rings is 1. The van der Waals surface area contributed by atoms with Crippen LogP contribution in [0.1, 0.15) is 19.3 Å². The second-order valence-corrected chi connectivity index (χ2v) is 6.39. The van der Waals surface area contributed by atoms with Gasteiger partial charge in [0.05, 0.1) is 4.92 Å². The number of hydrogen-bond acceptors (Lipinski definition) is 5. The zero-order valence-electron chi connectivity index (χ0n) is 13.4. The Morgan fingerprint density at radius 1 is 1.25 bits per heavy atom. The highest BCUT2D eigenvalue weighted by Gasteiger charge is 2.57. The number of halogens is 1. The van der Waals surface area contributed by atoms with E-state index in [4.69, 9.17) is 0 Å². The predicted molar refractivity (Wildman–Crippen MR) is 94.5 cm³/mol. The van der Waals surface area contributed by atoms with Gasteiger partial charge in [0.1, 0.15) is 0 Å². The number of anilines is 1. The number of amides is 1. The summed E-state index contributed by atoms with van der Waals surface area (Å²) < 4.78 is 0. The van der Waals surface area contributed by atoms with Crippen molar-refractivity contribution in [1.29, 1.82) is 0 Å². The maximum atomic E-state index is 12.2. The van der Waals surface area contributed by atoms with Crippen LogP contribution in [0.25, 0.3) is 0 Å². The zero-order chi connectivity index (χ0) is 16.3. The molecule has 7 nitrogen and oxygen atoms in total. The summed E-state index contributed by atoms with van der Waals surface area (Å²) in [5, 5.41) is 20.1. The van der Waals surface area contributed by atoms with Gasteiger partial charge in [0.15, 0.2) is 0 Å². The van der Waals surface area contributed by atoms with Gasteiger partial charge in [0.25, 0.3) is 5.69 Å². The minimum atomic E-state index is -0.420. The van der Waals surface area contributed by atoms with Crippen molar-refractivity contribution in [2.45, 2.75) is 19.3 Å². The van der Waals surface area contributed by atoms with Crippen LogP contribution in [-0.2, 0) is 4.79 Å². The average Bonchev–Trinajstić information content (AvgIpc) is 3.25. The number of carbonyl (C=O) groups is 1. The molecule has 3 N–H and O–H groups in total. The second kappa shape index (κ2) is 7.81. The molecule has 1 spiro atoms. The van der Waals surface area contributed by atoms with Crippen LogP contribution in [0.5, 0.6) is 0 Å². The highest BCUT2D eigenvalue weighted by atomic mass is 35.5. The molecule has 1 aliphatic carbocycles. The maximum absolute atomic E-state index is 12.2. The van der Waals surface area contributed by atoms with E-state index in [2.05, 4.69) is 16.0 Å². The van der Waals surface area contributed by atoms with E-state index in [0.29, 0.717) is 13.1 Å². The highest BCUT2D eigenvalue weighted by molar-refractivity contribution is 5.85. The normalized spacial score (nSPS) is 20.8. The van der Waals surface area contributed by atoms with Crippen LogP contribution in [0.2, 0.25) is 0 Å². The summed E-state index contributed by atoms with van der Waals surface area (Å²) >= 11 is 0. The number of nitro benzene ring substituents is 1. The molecule has 1 aromatic carbocycles. The third-order valence-corrected chi connectivity index (χ3v) is 4.94. The molecule has 2 fully saturated rings. The van der Waals surface area contributed by atoms with Crippen molar-refractivity contribution in [3.63, 3.8) is 0 Å². The van der Waals surface area contributed by atoms with E-state index in [0.717, 1.165) is 38.0 Å². The van der Waals surface area contributed by atoms with Crippen molar-refractivity contribution in [3.05, 3.63) is 34.4 Å². The van der Waals surface area contributed by atoms with Gasteiger partial charge in [-0.25, -0.2) is 0 Å². The molecule has 1 aromatic rings. The lowest BCUT2D eigenvalue weighted by Crippen LogP contribution is -2.35.